The maximum absolute atomic E-state index is 15.7. The monoisotopic (exact) mass is 1880 g/mol. The second kappa shape index (κ2) is 48.2. The van der Waals surface area contributed by atoms with Gasteiger partial charge in [-0.15, -0.1) is 11.8 Å². The van der Waals surface area contributed by atoms with E-state index in [1.165, 1.54) is 51.4 Å². The van der Waals surface area contributed by atoms with Crippen molar-refractivity contribution in [3.05, 3.63) is 173 Å². The van der Waals surface area contributed by atoms with Gasteiger partial charge in [0, 0.05) is 102 Å². The highest BCUT2D eigenvalue weighted by Crippen LogP contribution is 2.29. The molecule has 0 aliphatic carbocycles. The number of fused-ring (bicyclic) bond motifs is 3. The van der Waals surface area contributed by atoms with Crippen LogP contribution in [-0.4, -0.2) is 299 Å². The minimum atomic E-state index is -2.11. The molecule has 38 nitrogen and oxygen atoms in total. The van der Waals surface area contributed by atoms with Crippen LogP contribution in [0.4, 0.5) is 13.2 Å². The molecule has 15 atom stereocenters. The van der Waals surface area contributed by atoms with Crippen LogP contribution in [0.3, 0.4) is 0 Å². The maximum atomic E-state index is 15.7. The summed E-state index contributed by atoms with van der Waals surface area (Å²) in [6.45, 7) is 5.97. The number of primary amides is 1. The van der Waals surface area contributed by atoms with Crippen molar-refractivity contribution < 1.29 is 120 Å². The number of nitrogens with zero attached hydrogens (tertiary/aromatic N) is 5. The van der Waals surface area contributed by atoms with E-state index in [0.29, 0.717) is 63.5 Å². The number of phenolic OH excluding ortho intramolecular Hbond substituents is 1. The lowest BCUT2D eigenvalue weighted by Crippen LogP contribution is -2.62. The van der Waals surface area contributed by atoms with Crippen LogP contribution in [0.1, 0.15) is 114 Å². The molecule has 4 heterocycles. The highest BCUT2D eigenvalue weighted by Gasteiger charge is 2.49. The molecule has 3 aliphatic rings. The molecule has 3 saturated heterocycles. The molecule has 42 heteroatoms. The Morgan fingerprint density at radius 1 is 0.507 bits per heavy atom. The fourth-order valence-electron chi connectivity index (χ4n) is 16.3. The zero-order valence-electron chi connectivity index (χ0n) is 75.2. The number of hydrogen-bond acceptors (Lipinski definition) is 21. The van der Waals surface area contributed by atoms with E-state index in [0.717, 1.165) is 38.6 Å². The van der Waals surface area contributed by atoms with Crippen LogP contribution in [0.2, 0.25) is 0 Å². The predicted octanol–water partition coefficient (Wildman–Crippen LogP) is 0.277. The van der Waals surface area contributed by atoms with Gasteiger partial charge in [-0.05, 0) is 82.8 Å². The molecular weight excluding hydrogens is 1770 g/mol. The number of aliphatic carboxylic acids is 2. The summed E-state index contributed by atoms with van der Waals surface area (Å²) in [5.41, 5.74) is 7.10. The third-order valence-corrected chi connectivity index (χ3v) is 24.5. The molecule has 3 fully saturated rings. The first-order chi connectivity index (χ1) is 63.5. The summed E-state index contributed by atoms with van der Waals surface area (Å²) in [6.07, 6.45) is -7.01. The molecule has 0 saturated carbocycles. The number of unbranched alkanes of at least 4 members (excludes halogenated alkanes) is 1. The number of carbonyl (C=O) groups is 17. The van der Waals surface area contributed by atoms with Crippen molar-refractivity contribution in [2.45, 2.75) is 209 Å². The van der Waals surface area contributed by atoms with Gasteiger partial charge in [-0.1, -0.05) is 138 Å². The van der Waals surface area contributed by atoms with Gasteiger partial charge in [0.2, 0.25) is 88.6 Å². The first-order valence-corrected chi connectivity index (χ1v) is 45.0. The molecule has 9 rings (SSSR count). The molecule has 6 aromatic rings. The van der Waals surface area contributed by atoms with E-state index in [4.69, 9.17) is 5.73 Å². The number of H-pyrrole nitrogens is 1. The van der Waals surface area contributed by atoms with Crippen LogP contribution < -0.4 is 53.6 Å². The van der Waals surface area contributed by atoms with Crippen molar-refractivity contribution in [3.63, 3.8) is 0 Å². The van der Waals surface area contributed by atoms with Gasteiger partial charge in [-0.3, -0.25) is 81.5 Å². The summed E-state index contributed by atoms with van der Waals surface area (Å²) in [5.74, 6) is -28.1. The molecule has 17 N–H and O–H groups in total. The number of aliphatic hydroxyl groups excluding tert-OH is 2. The van der Waals surface area contributed by atoms with E-state index in [2.05, 4.69) is 52.8 Å². The third-order valence-electron chi connectivity index (χ3n) is 23.4. The lowest BCUT2D eigenvalue weighted by molar-refractivity contribution is -0.152. The van der Waals surface area contributed by atoms with Gasteiger partial charge in [-0.2, -0.15) is 0 Å². The van der Waals surface area contributed by atoms with E-state index in [9.17, 15) is 68.3 Å². The number of aromatic hydroxyl groups is 1. The van der Waals surface area contributed by atoms with Crippen LogP contribution in [0, 0.1) is 29.3 Å². The van der Waals surface area contributed by atoms with Crippen molar-refractivity contribution in [1.29, 1.82) is 0 Å². The van der Waals surface area contributed by atoms with E-state index >= 15 is 51.9 Å². The smallest absolute Gasteiger partial charge is 0.305 e. The van der Waals surface area contributed by atoms with Gasteiger partial charge < -0.3 is 109 Å². The summed E-state index contributed by atoms with van der Waals surface area (Å²) in [5, 5.41) is 77.3. The molecule has 15 amide bonds. The first-order valence-electron chi connectivity index (χ1n) is 43.8. The number of halogens is 3. The average Bonchev–Trinajstić information content (AvgIpc) is 1.62. The number of nitrogens with one attached hydrogen (secondary N) is 10. The molecule has 5 aromatic carbocycles. The van der Waals surface area contributed by atoms with Crippen molar-refractivity contribution in [3.8, 4) is 5.75 Å². The fraction of sp³-hybridized carbons (Fsp3) is 0.467. The molecule has 0 unspecified atom stereocenters. The lowest BCUT2D eigenvalue weighted by Gasteiger charge is -2.38. The number of phenols is 1. The van der Waals surface area contributed by atoms with Gasteiger partial charge in [-0.25, -0.2) is 13.2 Å². The molecule has 3 aliphatic heterocycles. The molecule has 0 bridgehead atoms. The normalized spacial score (nSPS) is 24.6. The van der Waals surface area contributed by atoms with Crippen LogP contribution in [-0.2, 0) is 114 Å². The van der Waals surface area contributed by atoms with Gasteiger partial charge in [0.1, 0.15) is 84.3 Å². The van der Waals surface area contributed by atoms with Gasteiger partial charge in [0.05, 0.1) is 37.3 Å². The number of aromatic amines is 1. The number of aliphatic hydroxyl groups is 2. The Balaban J connectivity index is 1.14. The Bertz CT molecular complexity index is 5250. The number of carboxylic acids is 2. The summed E-state index contributed by atoms with van der Waals surface area (Å²) >= 11 is 0.637. The molecule has 722 valence electrons. The van der Waals surface area contributed by atoms with E-state index < -0.39 is 296 Å². The van der Waals surface area contributed by atoms with E-state index in [1.54, 1.807) is 106 Å². The summed E-state index contributed by atoms with van der Waals surface area (Å²) < 4.78 is 45.1. The van der Waals surface area contributed by atoms with Crippen molar-refractivity contribution in [2.24, 2.45) is 17.6 Å². The lowest BCUT2D eigenvalue weighted by atomic mass is 9.98. The Labute approximate surface area is 774 Å². The highest BCUT2D eigenvalue weighted by atomic mass is 32.2. The maximum Gasteiger partial charge on any atom is 0.305 e. The molecule has 0 radical (unpaired) electrons. The number of nitrogens with two attached hydrogens (primary N) is 1. The number of carbonyl (C=O) groups excluding carboxylic acids is 15. The minimum Gasteiger partial charge on any atom is -0.508 e. The zero-order chi connectivity index (χ0) is 98.2. The van der Waals surface area contributed by atoms with Crippen LogP contribution >= 0.6 is 11.8 Å². The third kappa shape index (κ3) is 28.5. The van der Waals surface area contributed by atoms with E-state index in [1.807, 2.05) is 0 Å². The number of thioether (sulfide) groups is 1. The average molecular weight is 1890 g/mol. The number of rotatable bonds is 23. The second-order valence-electron chi connectivity index (χ2n) is 34.5. The Kier molecular flexibility index (Phi) is 37.5. The summed E-state index contributed by atoms with van der Waals surface area (Å²) in [7, 11) is 3.51. The van der Waals surface area contributed by atoms with Gasteiger partial charge in [0.25, 0.3) is 0 Å². The summed E-state index contributed by atoms with van der Waals surface area (Å²) in [6, 6.07) is 6.23. The van der Waals surface area contributed by atoms with Gasteiger partial charge in [0.15, 0.2) is 17.5 Å². The number of benzene rings is 5. The Hall–Kier alpha value is -13.5. The van der Waals surface area contributed by atoms with E-state index in [-0.39, 0.29) is 44.3 Å². The molecular formula is C92H115F3N16O22S. The standard InChI is InChI=1S/C92H115F3N16O22S/c1-9-10-25-69-91(132)111-45-57(114)39-72(111)87(128)103-65(40-76(117)118)84(125)106-79(49(4)5)92(133)108(7)70(35-50-19-13-11-14-20-50)85(126)104-67(41-77(119)120)89(130)110-44-56(113)38-71(110)86(127)102-64(37-54-42-97-61-24-18-17-23-58(54)61)83(124)101-63(33-52-26-28-55(112)29-27-52)82(123)100-62(30-48(2)3)81(122)105-68(80(121)98-43-74(96)115)46-134-47-75(116)99-66(34-53-31-59(93)78(95)60(94)32-53)88(129)109(8)73(90(131)107(69)6)36-51-21-15-12-16-22-51/h11-24,26-29,31-32,42,48-49,56-57,62-73,79,97,112-114H,9-10,25,30,33-41,43-47H2,1-8H3,(H2,96,115)(H,98,121)(H,99,116)(H,100,123)(H,101,124)(H,102,127)(H,103,128)(H,104,126)(H,105,122)(H,106,125)(H,117,118)(H,119,120)/t56-,57-,62+,63+,64+,65+,66+,67+,68+,69+,70+,71-,72-,73+,79+/m1/s1. The Morgan fingerprint density at radius 3 is 1.56 bits per heavy atom. The second-order valence-corrected chi connectivity index (χ2v) is 35.5. The van der Waals surface area contributed by atoms with Crippen LogP contribution in [0.15, 0.2) is 128 Å². The number of para-hydroxylation sites is 1. The zero-order valence-corrected chi connectivity index (χ0v) is 76.0. The summed E-state index contributed by atoms with van der Waals surface area (Å²) in [4.78, 5) is 257. The van der Waals surface area contributed by atoms with Crippen LogP contribution in [0.5, 0.6) is 5.75 Å². The highest BCUT2D eigenvalue weighted by molar-refractivity contribution is 8.00. The van der Waals surface area contributed by atoms with Crippen molar-refractivity contribution in [1.82, 2.24) is 77.3 Å². The van der Waals surface area contributed by atoms with Crippen molar-refractivity contribution >= 4 is 123 Å². The van der Waals surface area contributed by atoms with Gasteiger partial charge >= 0.3 is 11.9 Å². The number of amides is 15. The number of aromatic nitrogens is 1. The quantitative estimate of drug-likeness (QED) is 0.0383. The first kappa shape index (κ1) is 104. The Morgan fingerprint density at radius 2 is 0.993 bits per heavy atom. The largest absolute Gasteiger partial charge is 0.508 e. The van der Waals surface area contributed by atoms with Crippen LogP contribution in [0.25, 0.3) is 10.9 Å². The fourth-order valence-corrected chi connectivity index (χ4v) is 17.2. The molecule has 1 aromatic heterocycles. The minimum absolute atomic E-state index is 0.153. The SMILES string of the molecule is CCCC[C@H]1C(=O)N2C[C@H](O)C[C@@H]2C(=O)N[C@@H](CC(=O)O)C(=O)N[C@@H](C(C)C)C(=O)N(C)[C@@H](Cc2ccccc2)C(=O)N[C@@H](CC(=O)O)C(=O)N2C[C@H](O)C[C@@H]2C(=O)N[C@@H](Cc2c[nH]c3ccccc23)C(=O)N[C@@H](Cc2ccc(O)cc2)C(=O)N[C@@H](CC(C)C)C(=O)N[C@H](C(=O)NCC(N)=O)CSCC(=O)N[C@@H](Cc2cc(F)c(F)c(F)c2)C(=O)N(C)[C@@H](Cc2ccccc2)C(=O)N1C. The molecule has 0 spiro atoms. The number of hydrogen-bond donors (Lipinski definition) is 16. The predicted molar refractivity (Wildman–Crippen MR) is 479 cm³/mol. The molecule has 134 heavy (non-hydrogen) atoms. The topological polar surface area (TPSA) is 558 Å². The van der Waals surface area contributed by atoms with Crippen molar-refractivity contribution in [2.75, 3.05) is 52.3 Å². The number of carboxylic acid groups (broad SMARTS) is 2. The number of likely N-dealkylation sites (N-methyl/N-ethyl adjacent to an activating group) is 3.